The van der Waals surface area contributed by atoms with Crippen LogP contribution in [0.5, 0.6) is 11.5 Å². The van der Waals surface area contributed by atoms with Crippen LogP contribution in [0, 0.1) is 0 Å². The Balaban J connectivity index is 2.15. The molecule has 2 rings (SSSR count). The first-order chi connectivity index (χ1) is 11.5. The van der Waals surface area contributed by atoms with Gasteiger partial charge in [-0.25, -0.2) is 4.79 Å². The molecule has 1 amide bonds. The highest BCUT2D eigenvalue weighted by Gasteiger charge is 2.33. The average Bonchev–Trinajstić information content (AvgIpc) is 2.50. The zero-order chi connectivity index (χ0) is 17.7. The van der Waals surface area contributed by atoms with Crippen molar-refractivity contribution in [3.63, 3.8) is 0 Å². The Morgan fingerprint density at radius 1 is 1.38 bits per heavy atom. The highest BCUT2D eigenvalue weighted by Crippen LogP contribution is 2.34. The van der Waals surface area contributed by atoms with E-state index in [2.05, 4.69) is 0 Å². The van der Waals surface area contributed by atoms with Crippen LogP contribution in [0.15, 0.2) is 12.1 Å². The zero-order valence-electron chi connectivity index (χ0n) is 13.3. The van der Waals surface area contributed by atoms with Crippen molar-refractivity contribution in [3.05, 3.63) is 23.3 Å². The Morgan fingerprint density at radius 3 is 2.62 bits per heavy atom. The quantitative estimate of drug-likeness (QED) is 0.564. The van der Waals surface area contributed by atoms with E-state index in [0.717, 1.165) is 0 Å². The first-order valence-corrected chi connectivity index (χ1v) is 7.58. The minimum absolute atomic E-state index is 0.0394. The molecular weight excluding hydrogens is 317 g/mol. The lowest BCUT2D eigenvalue weighted by atomic mass is 10.0. The summed E-state index contributed by atoms with van der Waals surface area (Å²) in [6.07, 6.45) is 0.253. The summed E-state index contributed by atoms with van der Waals surface area (Å²) in [6.45, 7) is 2.29. The third-order valence-electron chi connectivity index (χ3n) is 3.79. The summed E-state index contributed by atoms with van der Waals surface area (Å²) in [5, 5.41) is 27.1. The summed E-state index contributed by atoms with van der Waals surface area (Å²) in [6, 6.07) is 3.22. The van der Waals surface area contributed by atoms with Gasteiger partial charge in [0.25, 0.3) is 0 Å². The minimum Gasteiger partial charge on any atom is -0.536 e. The Hall–Kier alpha value is -2.26. The summed E-state index contributed by atoms with van der Waals surface area (Å²) in [4.78, 5) is 24.7. The number of carboxylic acids is 1. The molecule has 129 valence electrons. The minimum atomic E-state index is -1.23. The van der Waals surface area contributed by atoms with Crippen LogP contribution in [0.2, 0.25) is 0 Å². The summed E-state index contributed by atoms with van der Waals surface area (Å²) in [5.74, 6) is -1.24. The molecule has 0 aliphatic carbocycles. The number of likely N-dealkylation sites (tertiary alicyclic amines) is 1. The number of amides is 1. The van der Waals surface area contributed by atoms with Gasteiger partial charge in [-0.1, -0.05) is 13.0 Å². The van der Waals surface area contributed by atoms with E-state index in [4.69, 9.17) is 19.5 Å². The van der Waals surface area contributed by atoms with Gasteiger partial charge in [0.05, 0.1) is 19.7 Å². The van der Waals surface area contributed by atoms with Crippen LogP contribution in [-0.4, -0.2) is 65.5 Å². The molecule has 0 spiro atoms. The van der Waals surface area contributed by atoms with Crippen molar-refractivity contribution in [2.75, 3.05) is 19.7 Å². The summed E-state index contributed by atoms with van der Waals surface area (Å²) in [5.41, 5.74) is 0.457. The highest BCUT2D eigenvalue weighted by atomic mass is 16.5. The predicted octanol–water partition coefficient (Wildman–Crippen LogP) is -0.175. The summed E-state index contributed by atoms with van der Waals surface area (Å²) < 4.78 is 10.6. The number of hydrogen-bond donors (Lipinski definition) is 3. The van der Waals surface area contributed by atoms with Crippen LogP contribution in [0.4, 0.5) is 0 Å². The Labute approximate surface area is 139 Å². The highest BCUT2D eigenvalue weighted by molar-refractivity contribution is 6.18. The monoisotopic (exact) mass is 336 g/mol. The van der Waals surface area contributed by atoms with Gasteiger partial charge < -0.3 is 29.5 Å². The normalized spacial score (nSPS) is 14.0. The first kappa shape index (κ1) is 18.1. The molecular formula is C15H19BNO7. The van der Waals surface area contributed by atoms with Crippen molar-refractivity contribution in [1.29, 1.82) is 0 Å². The fourth-order valence-electron chi connectivity index (χ4n) is 2.52. The van der Waals surface area contributed by atoms with E-state index in [1.807, 2.05) is 6.92 Å². The number of carbonyl (C=O) groups is 2. The van der Waals surface area contributed by atoms with Gasteiger partial charge in [0.2, 0.25) is 5.91 Å². The number of benzene rings is 1. The van der Waals surface area contributed by atoms with Crippen LogP contribution >= 0.6 is 0 Å². The van der Waals surface area contributed by atoms with E-state index in [1.54, 1.807) is 12.1 Å². The number of nitrogens with zero attached hydrogens (tertiary/aromatic N) is 1. The molecule has 0 aromatic heterocycles. The van der Waals surface area contributed by atoms with Gasteiger partial charge in [0.1, 0.15) is 23.2 Å². The average molecular weight is 336 g/mol. The van der Waals surface area contributed by atoms with E-state index in [9.17, 15) is 14.7 Å². The molecule has 1 aliphatic rings. The number of carbonyl (C=O) groups excluding carboxylic acids is 1. The molecule has 3 N–H and O–H groups in total. The van der Waals surface area contributed by atoms with Crippen LogP contribution in [0.3, 0.4) is 0 Å². The van der Waals surface area contributed by atoms with Crippen LogP contribution in [0.25, 0.3) is 0 Å². The Morgan fingerprint density at radius 2 is 2.08 bits per heavy atom. The molecule has 1 aromatic rings. The van der Waals surface area contributed by atoms with Gasteiger partial charge in [-0.2, -0.15) is 0 Å². The van der Waals surface area contributed by atoms with Crippen LogP contribution in [-0.2, 0) is 11.2 Å². The molecule has 24 heavy (non-hydrogen) atoms. The van der Waals surface area contributed by atoms with E-state index in [-0.39, 0.29) is 42.1 Å². The first-order valence-electron chi connectivity index (χ1n) is 7.58. The zero-order valence-corrected chi connectivity index (χ0v) is 13.3. The lowest BCUT2D eigenvalue weighted by Gasteiger charge is -2.39. The van der Waals surface area contributed by atoms with E-state index in [0.29, 0.717) is 32.8 Å². The number of aliphatic hydroxyl groups excluding tert-OH is 1. The number of aliphatic hydroxyl groups is 1. The van der Waals surface area contributed by atoms with Crippen molar-refractivity contribution in [3.8, 4) is 11.5 Å². The number of aromatic carboxylic acids is 1. The van der Waals surface area contributed by atoms with Crippen molar-refractivity contribution in [2.45, 2.75) is 25.9 Å². The molecule has 0 atom stereocenters. The van der Waals surface area contributed by atoms with Gasteiger partial charge in [-0.05, 0) is 18.1 Å². The Bertz CT molecular complexity index is 616. The van der Waals surface area contributed by atoms with Crippen molar-refractivity contribution in [2.24, 2.45) is 0 Å². The Kier molecular flexibility index (Phi) is 6.05. The van der Waals surface area contributed by atoms with E-state index < -0.39 is 5.97 Å². The van der Waals surface area contributed by atoms with Crippen LogP contribution in [0.1, 0.15) is 29.3 Å². The molecule has 1 fully saturated rings. The number of ether oxygens (including phenoxy) is 1. The van der Waals surface area contributed by atoms with Crippen molar-refractivity contribution >= 4 is 19.6 Å². The fourth-order valence-corrected chi connectivity index (χ4v) is 2.52. The van der Waals surface area contributed by atoms with Crippen LogP contribution < -0.4 is 9.39 Å². The standard InChI is InChI=1S/C15H19BNO7/c1-2-9-3-4-11(13(15(20)21)14(9)24-16-22)23-10-7-17(8-10)12(19)5-6-18/h3-4,10,18,22H,2,5-8H2,1H3,(H,20,21). The van der Waals surface area contributed by atoms with Gasteiger partial charge in [0.15, 0.2) is 0 Å². The largest absolute Gasteiger partial charge is 0.569 e. The van der Waals surface area contributed by atoms with Gasteiger partial charge in [-0.15, -0.1) is 0 Å². The maximum absolute atomic E-state index is 11.6. The van der Waals surface area contributed by atoms with Gasteiger partial charge in [0, 0.05) is 6.42 Å². The molecule has 1 radical (unpaired) electrons. The molecule has 0 bridgehead atoms. The second-order valence-electron chi connectivity index (χ2n) is 5.32. The molecule has 8 nitrogen and oxygen atoms in total. The second-order valence-corrected chi connectivity index (χ2v) is 5.32. The second kappa shape index (κ2) is 8.03. The molecule has 1 saturated heterocycles. The molecule has 1 aliphatic heterocycles. The van der Waals surface area contributed by atoms with E-state index in [1.165, 1.54) is 4.90 Å². The molecule has 0 unspecified atom stereocenters. The predicted molar refractivity (Wildman–Crippen MR) is 84.1 cm³/mol. The van der Waals surface area contributed by atoms with Gasteiger partial charge >= 0.3 is 13.7 Å². The molecule has 0 saturated carbocycles. The lowest BCUT2D eigenvalue weighted by Crippen LogP contribution is -2.56. The fraction of sp³-hybridized carbons (Fsp3) is 0.467. The molecule has 1 aromatic carbocycles. The third-order valence-corrected chi connectivity index (χ3v) is 3.79. The summed E-state index contributed by atoms with van der Waals surface area (Å²) >= 11 is 0. The number of hydrogen-bond acceptors (Lipinski definition) is 6. The van der Waals surface area contributed by atoms with E-state index >= 15 is 0 Å². The maximum atomic E-state index is 11.6. The SMILES string of the molecule is CCc1ccc(OC2CN(C(=O)CCO)C2)c(C(=O)O)c1O[B]O. The molecule has 9 heteroatoms. The lowest BCUT2D eigenvalue weighted by molar-refractivity contribution is -0.140. The number of aryl methyl sites for hydroxylation is 1. The van der Waals surface area contributed by atoms with Crippen molar-refractivity contribution < 1.29 is 34.2 Å². The maximum Gasteiger partial charge on any atom is 0.569 e. The summed E-state index contributed by atoms with van der Waals surface area (Å²) in [7, 11) is 0.434. The smallest absolute Gasteiger partial charge is 0.536 e. The van der Waals surface area contributed by atoms with Gasteiger partial charge in [-0.3, -0.25) is 4.79 Å². The topological polar surface area (TPSA) is 117 Å². The number of carboxylic acid groups (broad SMARTS) is 1. The molecule has 1 heterocycles. The third kappa shape index (κ3) is 3.80. The van der Waals surface area contributed by atoms with Crippen molar-refractivity contribution in [1.82, 2.24) is 4.90 Å². The number of rotatable bonds is 8.